The maximum atomic E-state index is 14.0. The van der Waals surface area contributed by atoms with Gasteiger partial charge in [0.15, 0.2) is 0 Å². The van der Waals surface area contributed by atoms with Crippen molar-refractivity contribution in [2.45, 2.75) is 57.1 Å². The molecule has 3 aromatic rings. The third-order valence-corrected chi connectivity index (χ3v) is 7.98. The molecule has 8 nitrogen and oxygen atoms in total. The highest BCUT2D eigenvalue weighted by Gasteiger charge is 2.34. The smallest absolute Gasteiger partial charge is 0.264 e. The number of nitrogens with zero attached hydrogens (tertiary/aromatic N) is 2. The predicted molar refractivity (Wildman–Crippen MR) is 153 cm³/mol. The van der Waals surface area contributed by atoms with Gasteiger partial charge >= 0.3 is 0 Å². The Balaban J connectivity index is 2.06. The lowest BCUT2D eigenvalue weighted by Gasteiger charge is -2.34. The number of rotatable bonds is 11. The standard InChI is InChI=1S/C30H35F2N3O5S/c1-6-27(29(37)33-30(2,3)4)34(19-21-7-9-22(31)10-8-21)28(36)20-35(24-13-11-23(32)12-14-24)41(38,39)26-17-15-25(40-5)16-18-26/h7-18,27H,6,19-20H2,1-5H3,(H,33,37). The number of ether oxygens (including phenoxy) is 1. The number of nitrogens with one attached hydrogen (secondary N) is 1. The number of sulfonamides is 1. The van der Waals surface area contributed by atoms with Gasteiger partial charge in [-0.2, -0.15) is 0 Å². The van der Waals surface area contributed by atoms with E-state index in [0.717, 1.165) is 16.4 Å². The Morgan fingerprint density at radius 3 is 1.93 bits per heavy atom. The van der Waals surface area contributed by atoms with Crippen LogP contribution in [0, 0.1) is 11.6 Å². The molecule has 2 amide bonds. The first-order chi connectivity index (χ1) is 19.2. The minimum Gasteiger partial charge on any atom is -0.497 e. The van der Waals surface area contributed by atoms with Crippen molar-refractivity contribution in [3.05, 3.63) is 90.0 Å². The first kappa shape index (κ1) is 31.5. The molecule has 0 saturated heterocycles. The van der Waals surface area contributed by atoms with Crippen LogP contribution in [0.25, 0.3) is 0 Å². The summed E-state index contributed by atoms with van der Waals surface area (Å²) in [4.78, 5) is 28.5. The summed E-state index contributed by atoms with van der Waals surface area (Å²) in [6.45, 7) is 6.41. The number of halogens is 2. The molecule has 0 heterocycles. The molecule has 220 valence electrons. The third kappa shape index (κ3) is 8.26. The van der Waals surface area contributed by atoms with Crippen LogP contribution in [-0.2, 0) is 26.2 Å². The number of anilines is 1. The number of hydrogen-bond donors (Lipinski definition) is 1. The van der Waals surface area contributed by atoms with Gasteiger partial charge in [0.05, 0.1) is 17.7 Å². The molecule has 0 aliphatic heterocycles. The summed E-state index contributed by atoms with van der Waals surface area (Å²) in [5, 5.41) is 2.88. The minimum atomic E-state index is -4.32. The quantitative estimate of drug-likeness (QED) is 0.345. The Morgan fingerprint density at radius 2 is 1.44 bits per heavy atom. The molecule has 0 aromatic heterocycles. The van der Waals surface area contributed by atoms with E-state index < -0.39 is 51.6 Å². The van der Waals surface area contributed by atoms with E-state index in [4.69, 9.17) is 4.74 Å². The number of benzene rings is 3. The summed E-state index contributed by atoms with van der Waals surface area (Å²) >= 11 is 0. The largest absolute Gasteiger partial charge is 0.497 e. The Hall–Kier alpha value is -3.99. The fraction of sp³-hybridized carbons (Fsp3) is 0.333. The van der Waals surface area contributed by atoms with E-state index in [-0.39, 0.29) is 23.5 Å². The Morgan fingerprint density at radius 1 is 0.902 bits per heavy atom. The second kappa shape index (κ2) is 13.1. The number of carbonyl (C=O) groups excluding carboxylic acids is 2. The van der Waals surface area contributed by atoms with Crippen molar-refractivity contribution in [1.29, 1.82) is 0 Å². The summed E-state index contributed by atoms with van der Waals surface area (Å²) in [5.41, 5.74) is 0.0186. The highest BCUT2D eigenvalue weighted by Crippen LogP contribution is 2.26. The molecule has 0 bridgehead atoms. The zero-order valence-corrected chi connectivity index (χ0v) is 24.5. The Labute approximate surface area is 240 Å². The maximum absolute atomic E-state index is 14.0. The van der Waals surface area contributed by atoms with Crippen LogP contribution in [0.1, 0.15) is 39.7 Å². The molecule has 0 fully saturated rings. The lowest BCUT2D eigenvalue weighted by Crippen LogP contribution is -2.55. The van der Waals surface area contributed by atoms with E-state index in [0.29, 0.717) is 11.3 Å². The molecular weight excluding hydrogens is 552 g/mol. The van der Waals surface area contributed by atoms with Crippen molar-refractivity contribution in [1.82, 2.24) is 10.2 Å². The molecule has 0 aliphatic carbocycles. The third-order valence-electron chi connectivity index (χ3n) is 6.19. The van der Waals surface area contributed by atoms with Crippen LogP contribution in [0.5, 0.6) is 5.75 Å². The zero-order chi connectivity index (χ0) is 30.4. The molecule has 11 heteroatoms. The number of carbonyl (C=O) groups is 2. The topological polar surface area (TPSA) is 96.0 Å². The van der Waals surface area contributed by atoms with Gasteiger partial charge in [-0.1, -0.05) is 19.1 Å². The van der Waals surface area contributed by atoms with Gasteiger partial charge in [0.2, 0.25) is 11.8 Å². The fourth-order valence-corrected chi connectivity index (χ4v) is 5.58. The molecule has 0 saturated carbocycles. The van der Waals surface area contributed by atoms with Gasteiger partial charge in [-0.05, 0) is 93.4 Å². The van der Waals surface area contributed by atoms with E-state index in [1.54, 1.807) is 27.7 Å². The monoisotopic (exact) mass is 587 g/mol. The van der Waals surface area contributed by atoms with Crippen molar-refractivity contribution in [3.63, 3.8) is 0 Å². The SMILES string of the molecule is CCC(C(=O)NC(C)(C)C)N(Cc1ccc(F)cc1)C(=O)CN(c1ccc(F)cc1)S(=O)(=O)c1ccc(OC)cc1. The molecule has 0 spiro atoms. The van der Waals surface area contributed by atoms with Crippen LogP contribution in [0.4, 0.5) is 14.5 Å². The highest BCUT2D eigenvalue weighted by molar-refractivity contribution is 7.92. The number of methoxy groups -OCH3 is 1. The van der Waals surface area contributed by atoms with Crippen molar-refractivity contribution >= 4 is 27.5 Å². The van der Waals surface area contributed by atoms with E-state index in [9.17, 15) is 26.8 Å². The van der Waals surface area contributed by atoms with Crippen molar-refractivity contribution in [2.24, 2.45) is 0 Å². The van der Waals surface area contributed by atoms with Gasteiger partial charge in [-0.3, -0.25) is 13.9 Å². The molecule has 0 radical (unpaired) electrons. The second-order valence-corrected chi connectivity index (χ2v) is 12.3. The van der Waals surface area contributed by atoms with Crippen LogP contribution in [0.15, 0.2) is 77.7 Å². The summed E-state index contributed by atoms with van der Waals surface area (Å²) in [6.07, 6.45) is 0.233. The van der Waals surface area contributed by atoms with Gasteiger partial charge in [0.1, 0.15) is 30.0 Å². The van der Waals surface area contributed by atoms with E-state index in [1.165, 1.54) is 72.7 Å². The van der Waals surface area contributed by atoms with Crippen LogP contribution < -0.4 is 14.4 Å². The lowest BCUT2D eigenvalue weighted by molar-refractivity contribution is -0.141. The van der Waals surface area contributed by atoms with Crippen LogP contribution in [-0.4, -0.2) is 50.4 Å². The molecular formula is C30H35F2N3O5S. The highest BCUT2D eigenvalue weighted by atomic mass is 32.2. The summed E-state index contributed by atoms with van der Waals surface area (Å²) in [6, 6.07) is 14.9. The van der Waals surface area contributed by atoms with Gasteiger partial charge in [0.25, 0.3) is 10.0 Å². The first-order valence-electron chi connectivity index (χ1n) is 13.0. The Kier molecular flexibility index (Phi) is 10.1. The summed E-state index contributed by atoms with van der Waals surface area (Å²) in [7, 11) is -2.88. The fourth-order valence-electron chi connectivity index (χ4n) is 4.17. The molecule has 3 aromatic carbocycles. The number of amides is 2. The maximum Gasteiger partial charge on any atom is 0.264 e. The minimum absolute atomic E-state index is 0.0597. The van der Waals surface area contributed by atoms with Gasteiger partial charge in [-0.25, -0.2) is 17.2 Å². The van der Waals surface area contributed by atoms with Crippen molar-refractivity contribution in [2.75, 3.05) is 18.0 Å². The molecule has 0 aliphatic rings. The Bertz CT molecular complexity index is 1440. The predicted octanol–water partition coefficient (Wildman–Crippen LogP) is 4.89. The molecule has 1 N–H and O–H groups in total. The molecule has 41 heavy (non-hydrogen) atoms. The summed E-state index contributed by atoms with van der Waals surface area (Å²) in [5.74, 6) is -1.69. The lowest BCUT2D eigenvalue weighted by atomic mass is 10.1. The molecule has 1 unspecified atom stereocenters. The molecule has 3 rings (SSSR count). The van der Waals surface area contributed by atoms with E-state index >= 15 is 0 Å². The van der Waals surface area contributed by atoms with Crippen LogP contribution in [0.2, 0.25) is 0 Å². The zero-order valence-electron chi connectivity index (χ0n) is 23.7. The van der Waals surface area contributed by atoms with Crippen LogP contribution >= 0.6 is 0 Å². The number of hydrogen-bond acceptors (Lipinski definition) is 5. The van der Waals surface area contributed by atoms with Gasteiger partial charge < -0.3 is 15.0 Å². The van der Waals surface area contributed by atoms with Gasteiger partial charge in [0, 0.05) is 12.1 Å². The average molecular weight is 588 g/mol. The van der Waals surface area contributed by atoms with E-state index in [2.05, 4.69) is 5.32 Å². The van der Waals surface area contributed by atoms with E-state index in [1.807, 2.05) is 0 Å². The van der Waals surface area contributed by atoms with Crippen LogP contribution in [0.3, 0.4) is 0 Å². The molecule has 1 atom stereocenters. The average Bonchev–Trinajstić information content (AvgIpc) is 2.92. The van der Waals surface area contributed by atoms with Gasteiger partial charge in [-0.15, -0.1) is 0 Å². The van der Waals surface area contributed by atoms with Crippen molar-refractivity contribution in [3.8, 4) is 5.75 Å². The van der Waals surface area contributed by atoms with Crippen molar-refractivity contribution < 1.29 is 31.5 Å². The second-order valence-electron chi connectivity index (χ2n) is 10.5. The normalized spacial score (nSPS) is 12.4. The summed E-state index contributed by atoms with van der Waals surface area (Å²) < 4.78 is 61.0. The first-order valence-corrected chi connectivity index (χ1v) is 14.5.